The van der Waals surface area contributed by atoms with Crippen molar-refractivity contribution >= 4 is 34.4 Å². The maximum atomic E-state index is 14.5. The Hall–Kier alpha value is -3.99. The van der Waals surface area contributed by atoms with Crippen LogP contribution in [0.15, 0.2) is 84.9 Å². The minimum atomic E-state index is -1.13. The van der Waals surface area contributed by atoms with Crippen LogP contribution >= 0.6 is 0 Å². The maximum Gasteiger partial charge on any atom is 0.239 e. The fraction of sp³-hybridized carbons (Fsp3) is 0.258. The van der Waals surface area contributed by atoms with Gasteiger partial charge in [-0.2, -0.15) is 0 Å². The minimum Gasteiger partial charge on any atom is -0.495 e. The molecule has 3 aromatic rings. The van der Waals surface area contributed by atoms with Gasteiger partial charge in [0.05, 0.1) is 35.5 Å². The Morgan fingerprint density at radius 1 is 0.750 bits per heavy atom. The normalized spacial score (nSPS) is 28.8. The second kappa shape index (κ2) is 7.76. The van der Waals surface area contributed by atoms with Crippen LogP contribution < -0.4 is 9.64 Å². The Labute approximate surface area is 210 Å². The lowest BCUT2D eigenvalue weighted by Crippen LogP contribution is -2.41. The number of hydrogen-bond donors (Lipinski definition) is 0. The van der Waals surface area contributed by atoms with E-state index in [-0.39, 0.29) is 17.6 Å². The van der Waals surface area contributed by atoms with Crippen molar-refractivity contribution in [3.8, 4) is 5.75 Å². The average molecular weight is 478 g/mol. The Morgan fingerprint density at radius 2 is 1.28 bits per heavy atom. The van der Waals surface area contributed by atoms with Crippen LogP contribution in [0.4, 0.5) is 5.69 Å². The van der Waals surface area contributed by atoms with Gasteiger partial charge in [-0.15, -0.1) is 0 Å². The molecule has 0 aromatic heterocycles. The third-order valence-electron chi connectivity index (χ3n) is 8.56. The van der Waals surface area contributed by atoms with Gasteiger partial charge in [-0.05, 0) is 47.8 Å². The molecule has 3 aromatic carbocycles. The lowest BCUT2D eigenvalue weighted by molar-refractivity contribution is -0.134. The predicted octanol–water partition coefficient (Wildman–Crippen LogP) is 5.41. The fourth-order valence-electron chi connectivity index (χ4n) is 7.18. The van der Waals surface area contributed by atoms with Crippen molar-refractivity contribution in [2.45, 2.75) is 20.3 Å². The average Bonchev–Trinajstić information content (AvgIpc) is 3.39. The summed E-state index contributed by atoms with van der Waals surface area (Å²) >= 11 is 0. The first-order chi connectivity index (χ1) is 17.4. The first-order valence-corrected chi connectivity index (χ1v) is 12.3. The third kappa shape index (κ3) is 2.53. The number of benzene rings is 3. The highest BCUT2D eigenvalue weighted by Crippen LogP contribution is 2.74. The van der Waals surface area contributed by atoms with Gasteiger partial charge in [-0.1, -0.05) is 79.7 Å². The molecule has 0 radical (unpaired) electrons. The van der Waals surface area contributed by atoms with E-state index in [1.165, 1.54) is 12.0 Å². The molecule has 2 bridgehead atoms. The molecule has 1 saturated heterocycles. The van der Waals surface area contributed by atoms with Crippen LogP contribution in [0.5, 0.6) is 5.75 Å². The number of carbonyl (C=O) groups is 3. The number of carbonyl (C=O) groups excluding carboxylic acids is 3. The van der Waals surface area contributed by atoms with Crippen LogP contribution in [0.1, 0.15) is 31.4 Å². The van der Waals surface area contributed by atoms with Gasteiger partial charge in [0.2, 0.25) is 11.8 Å². The van der Waals surface area contributed by atoms with E-state index in [0.717, 1.165) is 22.3 Å². The number of Topliss-reactive ketones (excluding diaryl/α,β-unsaturated/α-hetero) is 1. The molecule has 4 atom stereocenters. The summed E-state index contributed by atoms with van der Waals surface area (Å²) in [6.07, 6.45) is 0.432. The minimum absolute atomic E-state index is 0.0217. The zero-order valence-electron chi connectivity index (χ0n) is 20.5. The monoisotopic (exact) mass is 477 g/mol. The Morgan fingerprint density at radius 3 is 1.86 bits per heavy atom. The number of para-hydroxylation sites is 2. The smallest absolute Gasteiger partial charge is 0.239 e. The molecule has 0 N–H and O–H groups in total. The molecule has 5 heteroatoms. The number of imide groups is 1. The summed E-state index contributed by atoms with van der Waals surface area (Å²) in [6.45, 7) is 3.83. The summed E-state index contributed by atoms with van der Waals surface area (Å²) in [5.41, 5.74) is 1.79. The van der Waals surface area contributed by atoms with Gasteiger partial charge in [0.1, 0.15) is 5.75 Å². The molecule has 1 aliphatic heterocycles. The van der Waals surface area contributed by atoms with Crippen molar-refractivity contribution in [3.05, 3.63) is 96.1 Å². The quantitative estimate of drug-likeness (QED) is 0.461. The van der Waals surface area contributed by atoms with E-state index in [1.807, 2.05) is 74.5 Å². The number of methoxy groups -OCH3 is 1. The van der Waals surface area contributed by atoms with E-state index < -0.39 is 22.7 Å². The van der Waals surface area contributed by atoms with Gasteiger partial charge in [0.15, 0.2) is 5.78 Å². The standard InChI is InChI=1S/C31H27NO4/c1-4-31-24(20-15-9-6-10-16-20)23(19-13-7-5-8-14-19)30(2,29(31)35)25-26(31)28(34)32(27(25)33)21-17-11-12-18-22(21)36-3/h5-18,25-26H,4H2,1-3H3. The molecule has 3 aliphatic rings. The Bertz CT molecular complexity index is 1440. The van der Waals surface area contributed by atoms with E-state index >= 15 is 0 Å². The number of nitrogens with zero attached hydrogens (tertiary/aromatic N) is 1. The van der Waals surface area contributed by atoms with Crippen molar-refractivity contribution in [3.63, 3.8) is 0 Å². The zero-order chi connectivity index (χ0) is 25.2. The fourth-order valence-corrected chi connectivity index (χ4v) is 7.18. The number of amides is 2. The molecule has 1 saturated carbocycles. The van der Waals surface area contributed by atoms with Crippen LogP contribution in [0, 0.1) is 22.7 Å². The second-order valence-corrected chi connectivity index (χ2v) is 9.98. The molecule has 2 fully saturated rings. The van der Waals surface area contributed by atoms with E-state index in [4.69, 9.17) is 4.74 Å². The lowest BCUT2D eigenvalue weighted by atomic mass is 9.62. The summed E-state index contributed by atoms with van der Waals surface area (Å²) in [6, 6.07) is 26.7. The first-order valence-electron chi connectivity index (χ1n) is 12.3. The summed E-state index contributed by atoms with van der Waals surface area (Å²) in [5, 5.41) is 0. The van der Waals surface area contributed by atoms with E-state index in [1.54, 1.807) is 24.3 Å². The van der Waals surface area contributed by atoms with Crippen LogP contribution in [-0.2, 0) is 14.4 Å². The molecule has 2 aliphatic carbocycles. The lowest BCUT2D eigenvalue weighted by Gasteiger charge is -2.37. The summed E-state index contributed by atoms with van der Waals surface area (Å²) in [5.74, 6) is -1.76. The van der Waals surface area contributed by atoms with Crippen LogP contribution in [0.25, 0.3) is 11.1 Å². The number of hydrogen-bond acceptors (Lipinski definition) is 4. The van der Waals surface area contributed by atoms with Crippen LogP contribution in [0.3, 0.4) is 0 Å². The summed E-state index contributed by atoms with van der Waals surface area (Å²) < 4.78 is 5.50. The van der Waals surface area contributed by atoms with Gasteiger partial charge in [-0.3, -0.25) is 14.4 Å². The van der Waals surface area contributed by atoms with Gasteiger partial charge in [-0.25, -0.2) is 4.90 Å². The summed E-state index contributed by atoms with van der Waals surface area (Å²) in [7, 11) is 1.52. The van der Waals surface area contributed by atoms with Gasteiger partial charge < -0.3 is 4.74 Å². The van der Waals surface area contributed by atoms with Crippen LogP contribution in [-0.4, -0.2) is 24.7 Å². The molecule has 1 heterocycles. The molecule has 0 spiro atoms. The van der Waals surface area contributed by atoms with Crippen LogP contribution in [0.2, 0.25) is 0 Å². The Balaban J connectivity index is 1.65. The number of ketones is 1. The molecule has 6 rings (SSSR count). The summed E-state index contributed by atoms with van der Waals surface area (Å²) in [4.78, 5) is 44.1. The number of allylic oxidation sites excluding steroid dienone is 2. The van der Waals surface area contributed by atoms with Crippen molar-refractivity contribution < 1.29 is 19.1 Å². The highest BCUT2D eigenvalue weighted by atomic mass is 16.5. The van der Waals surface area contributed by atoms with E-state index in [2.05, 4.69) is 0 Å². The molecule has 180 valence electrons. The van der Waals surface area contributed by atoms with Crippen molar-refractivity contribution in [2.75, 3.05) is 12.0 Å². The zero-order valence-corrected chi connectivity index (χ0v) is 20.5. The van der Waals surface area contributed by atoms with Gasteiger partial charge >= 0.3 is 0 Å². The molecule has 4 unspecified atom stereocenters. The number of fused-ring (bicyclic) bond motifs is 5. The first kappa shape index (κ1) is 22.5. The molecule has 2 amide bonds. The second-order valence-electron chi connectivity index (χ2n) is 9.98. The molecular weight excluding hydrogens is 450 g/mol. The van der Waals surface area contributed by atoms with E-state index in [0.29, 0.717) is 17.9 Å². The highest BCUT2D eigenvalue weighted by molar-refractivity contribution is 6.34. The number of ether oxygens (including phenoxy) is 1. The largest absolute Gasteiger partial charge is 0.495 e. The maximum absolute atomic E-state index is 14.5. The highest BCUT2D eigenvalue weighted by Gasteiger charge is 2.79. The number of rotatable bonds is 5. The van der Waals surface area contributed by atoms with E-state index in [9.17, 15) is 14.4 Å². The SMILES string of the molecule is CCC12C(=O)C(C)(C(c3ccccc3)=C1c1ccccc1)C1C(=O)N(c3ccccc3OC)C(=O)C12. The third-order valence-corrected chi connectivity index (χ3v) is 8.56. The van der Waals surface area contributed by atoms with Gasteiger partial charge in [0.25, 0.3) is 0 Å². The molecule has 36 heavy (non-hydrogen) atoms. The Kier molecular flexibility index (Phi) is 4.84. The number of anilines is 1. The van der Waals surface area contributed by atoms with Crippen molar-refractivity contribution in [2.24, 2.45) is 22.7 Å². The predicted molar refractivity (Wildman–Crippen MR) is 138 cm³/mol. The topological polar surface area (TPSA) is 63.7 Å². The van der Waals surface area contributed by atoms with Crippen molar-refractivity contribution in [1.29, 1.82) is 0 Å². The molecular formula is C31H27NO4. The van der Waals surface area contributed by atoms with Crippen molar-refractivity contribution in [1.82, 2.24) is 0 Å². The molecule has 5 nitrogen and oxygen atoms in total. The van der Waals surface area contributed by atoms with Gasteiger partial charge in [0, 0.05) is 0 Å².